The quantitative estimate of drug-likeness (QED) is 0.736. The van der Waals surface area contributed by atoms with Crippen LogP contribution in [0, 0.1) is 5.92 Å². The van der Waals surface area contributed by atoms with Gasteiger partial charge in [0, 0.05) is 18.9 Å². The van der Waals surface area contributed by atoms with Gasteiger partial charge in [-0.05, 0) is 31.0 Å². The van der Waals surface area contributed by atoms with Gasteiger partial charge in [-0.15, -0.1) is 0 Å². The number of esters is 1. The maximum Gasteiger partial charge on any atom is 0.337 e. The number of carbonyl (C=O) groups excluding carboxylic acids is 2. The first-order valence-corrected chi connectivity index (χ1v) is 10.2. The summed E-state index contributed by atoms with van der Waals surface area (Å²) in [5.74, 6) is -0.819. The van der Waals surface area contributed by atoms with Crippen LogP contribution in [0.3, 0.4) is 0 Å². The van der Waals surface area contributed by atoms with E-state index < -0.39 is 22.0 Å². The predicted molar refractivity (Wildman–Crippen MR) is 93.2 cm³/mol. The lowest BCUT2D eigenvalue weighted by Crippen LogP contribution is -2.54. The number of ether oxygens (including phenoxy) is 2. The number of morpholine rings is 1. The number of nitrogens with zero attached hydrogens (tertiary/aromatic N) is 1. The van der Waals surface area contributed by atoms with Crippen molar-refractivity contribution in [1.82, 2.24) is 4.31 Å². The molecule has 1 heterocycles. The Bertz CT molecular complexity index is 791. The summed E-state index contributed by atoms with van der Waals surface area (Å²) in [6.45, 7) is 0.693. The Morgan fingerprint density at radius 2 is 2.12 bits per heavy atom. The Hall–Kier alpha value is -1.77. The fourth-order valence-electron chi connectivity index (χ4n) is 3.68. The van der Waals surface area contributed by atoms with Crippen molar-refractivity contribution in [3.05, 3.63) is 29.8 Å². The highest BCUT2D eigenvalue weighted by atomic mass is 32.2. The van der Waals surface area contributed by atoms with Crippen molar-refractivity contribution in [3.63, 3.8) is 0 Å². The minimum Gasteiger partial charge on any atom is -0.465 e. The molecule has 2 aliphatic rings. The van der Waals surface area contributed by atoms with Crippen molar-refractivity contribution in [2.75, 3.05) is 26.9 Å². The van der Waals surface area contributed by atoms with E-state index >= 15 is 0 Å². The largest absolute Gasteiger partial charge is 0.465 e. The van der Waals surface area contributed by atoms with Gasteiger partial charge in [0.05, 0.1) is 36.8 Å². The first-order valence-electron chi connectivity index (χ1n) is 8.76. The van der Waals surface area contributed by atoms with Gasteiger partial charge in [-0.2, -0.15) is 4.31 Å². The summed E-state index contributed by atoms with van der Waals surface area (Å²) >= 11 is 0. The minimum atomic E-state index is -3.85. The molecule has 1 saturated carbocycles. The lowest BCUT2D eigenvalue weighted by atomic mass is 9.82. The highest BCUT2D eigenvalue weighted by Crippen LogP contribution is 2.31. The monoisotopic (exact) mass is 381 g/mol. The van der Waals surface area contributed by atoms with E-state index in [9.17, 15) is 18.0 Å². The van der Waals surface area contributed by atoms with Crippen LogP contribution in [0.4, 0.5) is 0 Å². The number of methoxy groups -OCH3 is 1. The lowest BCUT2D eigenvalue weighted by molar-refractivity contribution is -0.128. The molecular formula is C18H23NO6S. The Labute approximate surface area is 153 Å². The maximum atomic E-state index is 13.2. The zero-order valence-corrected chi connectivity index (χ0v) is 15.5. The fourth-order valence-corrected chi connectivity index (χ4v) is 5.35. The molecule has 1 aliphatic heterocycles. The Morgan fingerprint density at radius 3 is 2.85 bits per heavy atom. The van der Waals surface area contributed by atoms with E-state index in [-0.39, 0.29) is 41.9 Å². The molecule has 0 unspecified atom stereocenters. The standard InChI is InChI=1S/C18H23NO6S/c1-24-18(21)13-5-4-6-14(11-13)26(22,23)19-9-10-25-12-16(19)15-7-2-3-8-17(15)20/h4-6,11,15-16H,2-3,7-10,12H2,1H3/t15-,16+/m0/s1. The van der Waals surface area contributed by atoms with Gasteiger partial charge >= 0.3 is 5.97 Å². The summed E-state index contributed by atoms with van der Waals surface area (Å²) in [6.07, 6.45) is 2.95. The smallest absolute Gasteiger partial charge is 0.337 e. The van der Waals surface area contributed by atoms with Crippen LogP contribution in [0.5, 0.6) is 0 Å². The highest BCUT2D eigenvalue weighted by Gasteiger charge is 2.41. The molecule has 0 aromatic heterocycles. The second kappa shape index (κ2) is 7.85. The molecule has 2 atom stereocenters. The number of rotatable bonds is 4. The Morgan fingerprint density at radius 1 is 1.31 bits per heavy atom. The molecule has 0 N–H and O–H groups in total. The Kier molecular flexibility index (Phi) is 5.74. The van der Waals surface area contributed by atoms with Gasteiger partial charge in [0.2, 0.25) is 10.0 Å². The van der Waals surface area contributed by atoms with Crippen LogP contribution in [-0.2, 0) is 24.3 Å². The second-order valence-electron chi connectivity index (χ2n) is 6.60. The highest BCUT2D eigenvalue weighted by molar-refractivity contribution is 7.89. The van der Waals surface area contributed by atoms with Crippen LogP contribution in [-0.4, -0.2) is 57.4 Å². The van der Waals surface area contributed by atoms with E-state index in [4.69, 9.17) is 4.74 Å². The third-order valence-electron chi connectivity index (χ3n) is 5.04. The van der Waals surface area contributed by atoms with Crippen LogP contribution in [0.1, 0.15) is 36.0 Å². The third-order valence-corrected chi connectivity index (χ3v) is 6.96. The summed E-state index contributed by atoms with van der Waals surface area (Å²) in [4.78, 5) is 24.1. The van der Waals surface area contributed by atoms with Gasteiger partial charge in [-0.1, -0.05) is 12.5 Å². The number of hydrogen-bond donors (Lipinski definition) is 0. The second-order valence-corrected chi connectivity index (χ2v) is 8.49. The molecule has 142 valence electrons. The number of benzene rings is 1. The first kappa shape index (κ1) is 19.0. The first-order chi connectivity index (χ1) is 12.4. The van der Waals surface area contributed by atoms with Gasteiger partial charge < -0.3 is 9.47 Å². The van der Waals surface area contributed by atoms with E-state index in [0.29, 0.717) is 12.8 Å². The van der Waals surface area contributed by atoms with Gasteiger partial charge in [0.15, 0.2) is 0 Å². The molecule has 26 heavy (non-hydrogen) atoms. The van der Waals surface area contributed by atoms with Crippen LogP contribution >= 0.6 is 0 Å². The van der Waals surface area contributed by atoms with Gasteiger partial charge in [0.25, 0.3) is 0 Å². The fraction of sp³-hybridized carbons (Fsp3) is 0.556. The molecule has 1 aliphatic carbocycles. The summed E-state index contributed by atoms with van der Waals surface area (Å²) < 4.78 is 38.0. The van der Waals surface area contributed by atoms with Crippen molar-refractivity contribution in [1.29, 1.82) is 0 Å². The summed E-state index contributed by atoms with van der Waals surface area (Å²) in [5.41, 5.74) is 0.173. The number of carbonyl (C=O) groups is 2. The molecule has 7 nitrogen and oxygen atoms in total. The van der Waals surface area contributed by atoms with E-state index in [1.807, 2.05) is 0 Å². The molecule has 3 rings (SSSR count). The SMILES string of the molecule is COC(=O)c1cccc(S(=O)(=O)N2CCOC[C@@H]2[C@@H]2CCCCC2=O)c1. The Balaban J connectivity index is 1.93. The molecule has 1 aromatic carbocycles. The van der Waals surface area contributed by atoms with E-state index in [0.717, 1.165) is 12.8 Å². The van der Waals surface area contributed by atoms with Gasteiger partial charge in [-0.3, -0.25) is 4.79 Å². The molecule has 0 radical (unpaired) electrons. The van der Waals surface area contributed by atoms with Crippen molar-refractivity contribution in [2.45, 2.75) is 36.6 Å². The van der Waals surface area contributed by atoms with Crippen molar-refractivity contribution in [2.24, 2.45) is 5.92 Å². The zero-order chi connectivity index (χ0) is 18.7. The maximum absolute atomic E-state index is 13.2. The van der Waals surface area contributed by atoms with E-state index in [1.54, 1.807) is 0 Å². The van der Waals surface area contributed by atoms with Crippen molar-refractivity contribution >= 4 is 21.8 Å². The number of Topliss-reactive ketones (excluding diaryl/α,β-unsaturated/α-hetero) is 1. The molecule has 0 spiro atoms. The molecular weight excluding hydrogens is 358 g/mol. The minimum absolute atomic E-state index is 0.0237. The average Bonchev–Trinajstić information content (AvgIpc) is 2.68. The third kappa shape index (κ3) is 3.67. The van der Waals surface area contributed by atoms with Crippen LogP contribution < -0.4 is 0 Å². The van der Waals surface area contributed by atoms with E-state index in [1.165, 1.54) is 35.7 Å². The van der Waals surface area contributed by atoms with Crippen LogP contribution in [0.2, 0.25) is 0 Å². The molecule has 1 aromatic rings. The molecule has 0 bridgehead atoms. The number of sulfonamides is 1. The van der Waals surface area contributed by atoms with Crippen molar-refractivity contribution < 1.29 is 27.5 Å². The van der Waals surface area contributed by atoms with Crippen molar-refractivity contribution in [3.8, 4) is 0 Å². The van der Waals surface area contributed by atoms with Gasteiger partial charge in [-0.25, -0.2) is 13.2 Å². The number of hydrogen-bond acceptors (Lipinski definition) is 6. The van der Waals surface area contributed by atoms with Crippen LogP contribution in [0.15, 0.2) is 29.2 Å². The zero-order valence-electron chi connectivity index (χ0n) is 14.7. The lowest BCUT2D eigenvalue weighted by Gasteiger charge is -2.39. The van der Waals surface area contributed by atoms with Gasteiger partial charge in [0.1, 0.15) is 5.78 Å². The normalized spacial score (nSPS) is 25.0. The molecule has 0 amide bonds. The van der Waals surface area contributed by atoms with E-state index in [2.05, 4.69) is 4.74 Å². The topological polar surface area (TPSA) is 90.0 Å². The number of ketones is 1. The molecule has 2 fully saturated rings. The summed E-state index contributed by atoms with van der Waals surface area (Å²) in [7, 11) is -2.61. The predicted octanol–water partition coefficient (Wildman–Crippen LogP) is 1.62. The summed E-state index contributed by atoms with van der Waals surface area (Å²) in [6, 6.07) is 5.29. The molecule has 1 saturated heterocycles. The van der Waals surface area contributed by atoms with Crippen LogP contribution in [0.25, 0.3) is 0 Å². The summed E-state index contributed by atoms with van der Waals surface area (Å²) in [5, 5.41) is 0. The average molecular weight is 381 g/mol. The molecule has 8 heteroatoms.